The van der Waals surface area contributed by atoms with Crippen LogP contribution in [0.4, 0.5) is 18.9 Å². The van der Waals surface area contributed by atoms with E-state index in [9.17, 15) is 22.8 Å². The minimum atomic E-state index is -4.77. The lowest BCUT2D eigenvalue weighted by Crippen LogP contribution is -2.51. The smallest absolute Gasteiger partial charge is 0.361 e. The van der Waals surface area contributed by atoms with E-state index in [0.717, 1.165) is 17.3 Å². The summed E-state index contributed by atoms with van der Waals surface area (Å²) >= 11 is 0. The Balaban J connectivity index is 1.85. The van der Waals surface area contributed by atoms with Crippen LogP contribution in [0.1, 0.15) is 26.3 Å². The highest BCUT2D eigenvalue weighted by Gasteiger charge is 2.40. The van der Waals surface area contributed by atoms with Gasteiger partial charge in [-0.1, -0.05) is 12.2 Å². The van der Waals surface area contributed by atoms with Crippen LogP contribution in [0.2, 0.25) is 0 Å². The molecule has 1 fully saturated rings. The van der Waals surface area contributed by atoms with Gasteiger partial charge in [0.25, 0.3) is 5.56 Å². The van der Waals surface area contributed by atoms with E-state index in [2.05, 4.69) is 10.00 Å². The molecule has 30 heavy (non-hydrogen) atoms. The summed E-state index contributed by atoms with van der Waals surface area (Å²) < 4.78 is 40.5. The van der Waals surface area contributed by atoms with Crippen molar-refractivity contribution in [1.82, 2.24) is 20.0 Å². The zero-order valence-corrected chi connectivity index (χ0v) is 17.3. The Hall–Kier alpha value is -2.62. The molecule has 1 N–H and O–H groups in total. The normalized spacial score (nSPS) is 19.8. The van der Waals surface area contributed by atoms with Crippen molar-refractivity contribution in [3.8, 4) is 0 Å². The summed E-state index contributed by atoms with van der Waals surface area (Å²) in [6.07, 6.45) is 0.0617. The van der Waals surface area contributed by atoms with Gasteiger partial charge in [0.15, 0.2) is 0 Å². The first kappa shape index (κ1) is 22.1. The summed E-state index contributed by atoms with van der Waals surface area (Å²) in [6.45, 7) is 8.66. The first-order valence-electron chi connectivity index (χ1n) is 9.87. The van der Waals surface area contributed by atoms with E-state index in [-0.39, 0.29) is 30.7 Å². The van der Waals surface area contributed by atoms with Gasteiger partial charge in [0.05, 0.1) is 11.9 Å². The van der Waals surface area contributed by atoms with Crippen LogP contribution in [-0.4, -0.2) is 71.2 Å². The van der Waals surface area contributed by atoms with Gasteiger partial charge in [0.2, 0.25) is 5.91 Å². The van der Waals surface area contributed by atoms with Crippen molar-refractivity contribution in [2.24, 2.45) is 0 Å². The molecule has 3 rings (SSSR count). The number of amides is 1. The van der Waals surface area contributed by atoms with Gasteiger partial charge in [-0.05, 0) is 25.0 Å². The number of anilines is 1. The van der Waals surface area contributed by atoms with Crippen molar-refractivity contribution in [1.29, 1.82) is 0 Å². The molecule has 1 aromatic rings. The SMILES string of the molecule is C/C=C\C1=C(C(C)N2CCN(C(C)=O)CC2)CN(c2cn[nH]c(=O)c2C(F)(F)F)C1. The molecule has 1 saturated heterocycles. The Morgan fingerprint density at radius 1 is 1.23 bits per heavy atom. The summed E-state index contributed by atoms with van der Waals surface area (Å²) in [5.74, 6) is 0.0460. The number of rotatable bonds is 4. The highest BCUT2D eigenvalue weighted by molar-refractivity contribution is 5.73. The summed E-state index contributed by atoms with van der Waals surface area (Å²) in [7, 11) is 0. The molecule has 2 aliphatic rings. The van der Waals surface area contributed by atoms with Crippen LogP contribution < -0.4 is 10.5 Å². The minimum absolute atomic E-state index is 0.000370. The third-order valence-corrected chi connectivity index (χ3v) is 5.77. The van der Waals surface area contributed by atoms with Crippen molar-refractivity contribution in [3.05, 3.63) is 45.4 Å². The second-order valence-electron chi connectivity index (χ2n) is 7.58. The predicted molar refractivity (Wildman–Crippen MR) is 107 cm³/mol. The molecule has 3 heterocycles. The maximum absolute atomic E-state index is 13.5. The number of alkyl halides is 3. The largest absolute Gasteiger partial charge is 0.423 e. The Morgan fingerprint density at radius 2 is 1.90 bits per heavy atom. The number of allylic oxidation sites excluding steroid dienone is 1. The number of carbonyl (C=O) groups excluding carboxylic acids is 1. The summed E-state index contributed by atoms with van der Waals surface area (Å²) in [6, 6.07) is -0.000370. The maximum atomic E-state index is 13.5. The van der Waals surface area contributed by atoms with Gasteiger partial charge < -0.3 is 9.80 Å². The second-order valence-corrected chi connectivity index (χ2v) is 7.58. The van der Waals surface area contributed by atoms with Gasteiger partial charge in [-0.3, -0.25) is 14.5 Å². The van der Waals surface area contributed by atoms with Gasteiger partial charge in [-0.2, -0.15) is 18.3 Å². The number of aromatic amines is 1. The topological polar surface area (TPSA) is 72.5 Å². The van der Waals surface area contributed by atoms with E-state index in [4.69, 9.17) is 0 Å². The van der Waals surface area contributed by atoms with Crippen LogP contribution in [0.3, 0.4) is 0 Å². The fourth-order valence-corrected chi connectivity index (χ4v) is 4.15. The van der Waals surface area contributed by atoms with Gasteiger partial charge in [0, 0.05) is 52.2 Å². The van der Waals surface area contributed by atoms with Crippen LogP contribution in [0.15, 0.2) is 34.3 Å². The highest BCUT2D eigenvalue weighted by Crippen LogP contribution is 2.36. The number of halogens is 3. The number of nitrogens with zero attached hydrogens (tertiary/aromatic N) is 4. The minimum Gasteiger partial charge on any atom is -0.361 e. The number of hydrogen-bond acceptors (Lipinski definition) is 5. The quantitative estimate of drug-likeness (QED) is 0.799. The maximum Gasteiger partial charge on any atom is 0.423 e. The number of H-pyrrole nitrogens is 1. The van der Waals surface area contributed by atoms with Gasteiger partial charge in [-0.25, -0.2) is 5.10 Å². The fraction of sp³-hybridized carbons (Fsp3) is 0.550. The summed E-state index contributed by atoms with van der Waals surface area (Å²) in [5, 5.41) is 5.48. The van der Waals surface area contributed by atoms with E-state index in [0.29, 0.717) is 26.2 Å². The molecule has 1 aromatic heterocycles. The molecule has 0 spiro atoms. The van der Waals surface area contributed by atoms with E-state index < -0.39 is 17.3 Å². The lowest BCUT2D eigenvalue weighted by atomic mass is 10.0. The van der Waals surface area contributed by atoms with E-state index in [1.54, 1.807) is 16.7 Å². The number of aromatic nitrogens is 2. The zero-order chi connectivity index (χ0) is 22.1. The number of nitrogens with one attached hydrogen (secondary N) is 1. The monoisotopic (exact) mass is 425 g/mol. The molecule has 0 bridgehead atoms. The van der Waals surface area contributed by atoms with Gasteiger partial charge >= 0.3 is 6.18 Å². The Labute approximate surface area is 172 Å². The van der Waals surface area contributed by atoms with Crippen LogP contribution in [0, 0.1) is 0 Å². The van der Waals surface area contributed by atoms with Crippen LogP contribution in [-0.2, 0) is 11.0 Å². The van der Waals surface area contributed by atoms with Crippen molar-refractivity contribution in [2.45, 2.75) is 33.0 Å². The average molecular weight is 425 g/mol. The summed E-state index contributed by atoms with van der Waals surface area (Å²) in [4.78, 5) is 29.0. The number of hydrogen-bond donors (Lipinski definition) is 1. The van der Waals surface area contributed by atoms with Crippen molar-refractivity contribution in [3.63, 3.8) is 0 Å². The molecule has 0 radical (unpaired) electrons. The van der Waals surface area contributed by atoms with E-state index in [1.165, 1.54) is 0 Å². The fourth-order valence-electron chi connectivity index (χ4n) is 4.15. The van der Waals surface area contributed by atoms with E-state index in [1.807, 2.05) is 31.1 Å². The first-order chi connectivity index (χ1) is 14.1. The van der Waals surface area contributed by atoms with Crippen molar-refractivity contribution >= 4 is 11.6 Å². The Bertz CT molecular complexity index is 914. The van der Waals surface area contributed by atoms with Crippen molar-refractivity contribution in [2.75, 3.05) is 44.2 Å². The Morgan fingerprint density at radius 3 is 2.47 bits per heavy atom. The number of piperazine rings is 1. The molecule has 0 saturated carbocycles. The lowest BCUT2D eigenvalue weighted by molar-refractivity contribution is -0.138. The molecule has 1 unspecified atom stereocenters. The van der Waals surface area contributed by atoms with Gasteiger partial charge in [0.1, 0.15) is 5.56 Å². The molecule has 2 aliphatic heterocycles. The first-order valence-corrected chi connectivity index (χ1v) is 9.87. The predicted octanol–water partition coefficient (Wildman–Crippen LogP) is 2.03. The summed E-state index contributed by atoms with van der Waals surface area (Å²) in [5.41, 5.74) is -0.724. The molecular weight excluding hydrogens is 399 g/mol. The van der Waals surface area contributed by atoms with Crippen molar-refractivity contribution < 1.29 is 18.0 Å². The average Bonchev–Trinajstić information content (AvgIpc) is 3.10. The Kier molecular flexibility index (Phi) is 6.35. The molecule has 10 heteroatoms. The number of carbonyl (C=O) groups is 1. The molecule has 0 aromatic carbocycles. The van der Waals surface area contributed by atoms with E-state index >= 15 is 0 Å². The highest BCUT2D eigenvalue weighted by atomic mass is 19.4. The molecule has 1 amide bonds. The van der Waals surface area contributed by atoms with Gasteiger partial charge in [-0.15, -0.1) is 0 Å². The molecule has 1 atom stereocenters. The molecule has 0 aliphatic carbocycles. The second kappa shape index (κ2) is 8.63. The zero-order valence-electron chi connectivity index (χ0n) is 17.3. The molecular formula is C20H26F3N5O2. The lowest BCUT2D eigenvalue weighted by Gasteiger charge is -2.38. The van der Waals surface area contributed by atoms with Crippen LogP contribution in [0.5, 0.6) is 0 Å². The molecule has 164 valence electrons. The third kappa shape index (κ3) is 4.43. The third-order valence-electron chi connectivity index (χ3n) is 5.77. The van der Waals surface area contributed by atoms with Crippen LogP contribution >= 0.6 is 0 Å². The standard InChI is InChI=1S/C20H26F3N5O2/c1-4-5-15-11-28(17-10-24-25-19(30)18(17)20(21,22)23)12-16(15)13(2)26-6-8-27(9-7-26)14(3)29/h4-5,10,13H,6-9,11-12H2,1-3H3,(H,25,30)/b5-4-. The van der Waals surface area contributed by atoms with Crippen LogP contribution in [0.25, 0.3) is 0 Å². The molecule has 7 nitrogen and oxygen atoms in total.